The molecule has 2 aliphatic rings. The smallest absolute Gasteiger partial charge is 0.0540 e. The molecule has 0 fully saturated rings. The number of anilines is 6. The number of para-hydroxylation sites is 3. The van der Waals surface area contributed by atoms with Crippen LogP contribution >= 0.6 is 0 Å². The van der Waals surface area contributed by atoms with Gasteiger partial charge in [-0.15, -0.1) is 0 Å². The minimum atomic E-state index is -0.176. The maximum Gasteiger partial charge on any atom is 0.0540 e. The van der Waals surface area contributed by atoms with Crippen molar-refractivity contribution in [1.29, 1.82) is 0 Å². The van der Waals surface area contributed by atoms with Crippen LogP contribution in [-0.4, -0.2) is 0 Å². The van der Waals surface area contributed by atoms with Crippen molar-refractivity contribution in [3.05, 3.63) is 240 Å². The second-order valence-electron chi connectivity index (χ2n) is 17.8. The van der Waals surface area contributed by atoms with E-state index in [1.165, 1.54) is 77.8 Å². The Kier molecular flexibility index (Phi) is 8.87. The summed E-state index contributed by atoms with van der Waals surface area (Å²) in [6, 6.07) is 75.4. The van der Waals surface area contributed by atoms with Gasteiger partial charge in [0.1, 0.15) is 0 Å². The molecule has 11 rings (SSSR count). The summed E-state index contributed by atoms with van der Waals surface area (Å²) in [7, 11) is 0. The van der Waals surface area contributed by atoms with Crippen LogP contribution in [0.5, 0.6) is 0 Å². The van der Waals surface area contributed by atoms with E-state index in [0.29, 0.717) is 0 Å². The van der Waals surface area contributed by atoms with Crippen molar-refractivity contribution in [2.45, 2.75) is 38.5 Å². The molecule has 0 saturated carbocycles. The van der Waals surface area contributed by atoms with Gasteiger partial charge in [-0.3, -0.25) is 0 Å². The van der Waals surface area contributed by atoms with Gasteiger partial charge in [0.25, 0.3) is 0 Å². The van der Waals surface area contributed by atoms with Gasteiger partial charge in [-0.05, 0) is 128 Å². The van der Waals surface area contributed by atoms with E-state index in [1.54, 1.807) is 0 Å². The van der Waals surface area contributed by atoms with Crippen LogP contribution in [0.25, 0.3) is 45.2 Å². The second-order valence-corrected chi connectivity index (χ2v) is 17.8. The lowest BCUT2D eigenvalue weighted by atomic mass is 9.81. The molecular formula is C60H48N2. The van der Waals surface area contributed by atoms with Gasteiger partial charge >= 0.3 is 0 Å². The highest BCUT2D eigenvalue weighted by atomic mass is 15.1. The molecule has 0 radical (unpaired) electrons. The molecule has 0 bridgehead atoms. The fourth-order valence-corrected chi connectivity index (χ4v) is 10.2. The zero-order valence-corrected chi connectivity index (χ0v) is 35.7. The van der Waals surface area contributed by atoms with E-state index in [2.05, 4.69) is 256 Å². The molecule has 9 aromatic rings. The third kappa shape index (κ3) is 6.17. The first-order chi connectivity index (χ1) is 30.3. The number of benzene rings is 9. The monoisotopic (exact) mass is 796 g/mol. The summed E-state index contributed by atoms with van der Waals surface area (Å²) in [4.78, 5) is 4.77. The Morgan fingerprint density at radius 1 is 0.323 bits per heavy atom. The molecule has 0 N–H and O–H groups in total. The van der Waals surface area contributed by atoms with Gasteiger partial charge in [0.15, 0.2) is 0 Å². The Hall–Kier alpha value is -7.42. The molecule has 0 aliphatic heterocycles. The Morgan fingerprint density at radius 2 is 0.710 bits per heavy atom. The zero-order valence-electron chi connectivity index (χ0n) is 35.7. The molecule has 62 heavy (non-hydrogen) atoms. The molecule has 0 atom stereocenters. The van der Waals surface area contributed by atoms with Gasteiger partial charge in [0.2, 0.25) is 0 Å². The van der Waals surface area contributed by atoms with Crippen LogP contribution < -0.4 is 9.80 Å². The molecule has 0 amide bonds. The van der Waals surface area contributed by atoms with Crippen molar-refractivity contribution in [3.63, 3.8) is 0 Å². The number of fused-ring (bicyclic) bond motifs is 7. The largest absolute Gasteiger partial charge is 0.310 e. The van der Waals surface area contributed by atoms with Crippen LogP contribution in [0.4, 0.5) is 34.1 Å². The molecule has 0 unspecified atom stereocenters. The quantitative estimate of drug-likeness (QED) is 0.141. The van der Waals surface area contributed by atoms with Crippen molar-refractivity contribution in [3.8, 4) is 22.3 Å². The fourth-order valence-electron chi connectivity index (χ4n) is 10.2. The highest BCUT2D eigenvalue weighted by Crippen LogP contribution is 2.53. The first-order valence-corrected chi connectivity index (χ1v) is 21.8. The topological polar surface area (TPSA) is 6.48 Å². The minimum Gasteiger partial charge on any atom is -0.310 e. The standard InChI is InChI=1S/C60H48N2/c1-59(2)54-37-41(29-33-50(54)52-35-31-47(39-56(52)59)61(44-19-8-5-9-20-44)45-21-10-6-11-22-45)27-28-42-30-34-51-53-36-32-48(40-57(53)60(3,4)55(51)38-42)62(46-23-12-7-13-24-46)58-26-16-18-43-17-14-15-25-49(43)58/h5-40H,1-4H3/b28-27+. The molecular weight excluding hydrogens is 749 g/mol. The SMILES string of the molecule is CC1(C)c2cc(/C=C/c3ccc4c(c3)C(C)(C)c3cc(N(c5ccccc5)c5cccc6ccccc56)ccc3-4)ccc2-c2ccc(N(c3ccccc3)c3ccccc3)cc21. The highest BCUT2D eigenvalue weighted by Gasteiger charge is 2.37. The predicted molar refractivity (Wildman–Crippen MR) is 264 cm³/mol. The second kappa shape index (κ2) is 14.6. The summed E-state index contributed by atoms with van der Waals surface area (Å²) in [6.45, 7) is 9.50. The van der Waals surface area contributed by atoms with Gasteiger partial charge in [0.05, 0.1) is 5.69 Å². The third-order valence-electron chi connectivity index (χ3n) is 13.4. The van der Waals surface area contributed by atoms with Crippen LogP contribution in [0.1, 0.15) is 61.1 Å². The van der Waals surface area contributed by atoms with Gasteiger partial charge < -0.3 is 9.80 Å². The lowest BCUT2D eigenvalue weighted by molar-refractivity contribution is 0.660. The average Bonchev–Trinajstić information content (AvgIpc) is 3.67. The number of rotatable bonds is 8. The van der Waals surface area contributed by atoms with Crippen molar-refractivity contribution in [1.82, 2.24) is 0 Å². The van der Waals surface area contributed by atoms with Crippen LogP contribution in [0.15, 0.2) is 206 Å². The normalized spacial score (nSPS) is 14.0. The van der Waals surface area contributed by atoms with Gasteiger partial charge in [-0.25, -0.2) is 0 Å². The van der Waals surface area contributed by atoms with Crippen molar-refractivity contribution in [2.24, 2.45) is 0 Å². The van der Waals surface area contributed by atoms with Crippen LogP contribution in [-0.2, 0) is 10.8 Å². The van der Waals surface area contributed by atoms with Gasteiger partial charge in [-0.2, -0.15) is 0 Å². The molecule has 0 aromatic heterocycles. The summed E-state index contributed by atoms with van der Waals surface area (Å²) < 4.78 is 0. The minimum absolute atomic E-state index is 0.157. The van der Waals surface area contributed by atoms with Gasteiger partial charge in [0, 0.05) is 44.7 Å². The maximum absolute atomic E-state index is 2.42. The summed E-state index contributed by atoms with van der Waals surface area (Å²) in [5, 5.41) is 2.47. The number of nitrogens with zero attached hydrogens (tertiary/aromatic N) is 2. The summed E-state index contributed by atoms with van der Waals surface area (Å²) in [5.41, 5.74) is 19.7. The predicted octanol–water partition coefficient (Wildman–Crippen LogP) is 16.6. The van der Waals surface area contributed by atoms with Crippen molar-refractivity contribution in [2.75, 3.05) is 9.80 Å². The fraction of sp³-hybridized carbons (Fsp3) is 0.100. The molecule has 298 valence electrons. The van der Waals surface area contributed by atoms with E-state index < -0.39 is 0 Å². The van der Waals surface area contributed by atoms with E-state index in [9.17, 15) is 0 Å². The van der Waals surface area contributed by atoms with E-state index in [1.807, 2.05) is 0 Å². The molecule has 0 saturated heterocycles. The van der Waals surface area contributed by atoms with Gasteiger partial charge in [-0.1, -0.05) is 179 Å². The number of hydrogen-bond acceptors (Lipinski definition) is 2. The van der Waals surface area contributed by atoms with E-state index in [4.69, 9.17) is 0 Å². The van der Waals surface area contributed by atoms with E-state index in [-0.39, 0.29) is 10.8 Å². The molecule has 9 aromatic carbocycles. The molecule has 2 heteroatoms. The first-order valence-electron chi connectivity index (χ1n) is 21.8. The summed E-state index contributed by atoms with van der Waals surface area (Å²) in [5.74, 6) is 0. The van der Waals surface area contributed by atoms with Crippen molar-refractivity contribution >= 4 is 57.0 Å². The molecule has 0 spiro atoms. The van der Waals surface area contributed by atoms with Crippen LogP contribution in [0, 0.1) is 0 Å². The first kappa shape index (κ1) is 37.6. The zero-order chi connectivity index (χ0) is 42.0. The number of hydrogen-bond donors (Lipinski definition) is 0. The maximum atomic E-state index is 2.42. The molecule has 2 nitrogen and oxygen atoms in total. The average molecular weight is 797 g/mol. The molecule has 2 aliphatic carbocycles. The molecule has 0 heterocycles. The summed E-state index contributed by atoms with van der Waals surface area (Å²) in [6.07, 6.45) is 4.57. The Balaban J connectivity index is 0.897. The Labute approximate surface area is 365 Å². The highest BCUT2D eigenvalue weighted by molar-refractivity contribution is 5.99. The Bertz CT molecular complexity index is 3130. The van der Waals surface area contributed by atoms with E-state index >= 15 is 0 Å². The Morgan fingerprint density at radius 3 is 1.21 bits per heavy atom. The van der Waals surface area contributed by atoms with Crippen LogP contribution in [0.3, 0.4) is 0 Å². The third-order valence-corrected chi connectivity index (χ3v) is 13.4. The van der Waals surface area contributed by atoms with Crippen molar-refractivity contribution < 1.29 is 0 Å². The van der Waals surface area contributed by atoms with E-state index in [0.717, 1.165) is 22.7 Å². The lowest BCUT2D eigenvalue weighted by Crippen LogP contribution is -2.17. The summed E-state index contributed by atoms with van der Waals surface area (Å²) >= 11 is 0. The van der Waals surface area contributed by atoms with Crippen LogP contribution in [0.2, 0.25) is 0 Å². The lowest BCUT2D eigenvalue weighted by Gasteiger charge is -2.29.